The molecule has 3 atom stereocenters. The zero-order valence-corrected chi connectivity index (χ0v) is 11.6. The summed E-state index contributed by atoms with van der Waals surface area (Å²) in [5, 5.41) is 9.41. The topological polar surface area (TPSA) is 49.8 Å². The third-order valence-electron chi connectivity index (χ3n) is 4.70. The highest BCUT2D eigenvalue weighted by atomic mass is 16.6. The standard InChI is InChI=1S/C16H21NO3/c18-10-15-13-6-7-14(15)9-17(8-13)16(19)20-11-12-4-2-1-3-5-12/h1-5,13-15,18H,6-11H2/t13-,14+,15?. The number of ether oxygens (including phenoxy) is 1. The number of amides is 1. The highest BCUT2D eigenvalue weighted by molar-refractivity contribution is 5.67. The Balaban J connectivity index is 1.54. The van der Waals surface area contributed by atoms with Crippen LogP contribution in [0.5, 0.6) is 0 Å². The average molecular weight is 275 g/mol. The van der Waals surface area contributed by atoms with E-state index >= 15 is 0 Å². The van der Waals surface area contributed by atoms with Crippen LogP contribution in [0, 0.1) is 17.8 Å². The fourth-order valence-electron chi connectivity index (χ4n) is 3.59. The van der Waals surface area contributed by atoms with E-state index in [1.165, 1.54) is 0 Å². The Bertz CT molecular complexity index is 448. The number of rotatable bonds is 3. The number of nitrogens with zero attached hydrogens (tertiary/aromatic N) is 1. The van der Waals surface area contributed by atoms with Crippen molar-refractivity contribution < 1.29 is 14.6 Å². The number of fused-ring (bicyclic) bond motifs is 2. The first kappa shape index (κ1) is 13.4. The number of carbonyl (C=O) groups excluding carboxylic acids is 1. The van der Waals surface area contributed by atoms with E-state index in [0.717, 1.165) is 31.5 Å². The number of piperidine rings is 1. The predicted molar refractivity (Wildman–Crippen MR) is 75.0 cm³/mol. The van der Waals surface area contributed by atoms with Gasteiger partial charge in [-0.2, -0.15) is 0 Å². The molecule has 1 N–H and O–H groups in total. The second kappa shape index (κ2) is 5.83. The van der Waals surface area contributed by atoms with E-state index in [1.807, 2.05) is 35.2 Å². The lowest BCUT2D eigenvalue weighted by Gasteiger charge is -2.36. The summed E-state index contributed by atoms with van der Waals surface area (Å²) < 4.78 is 5.39. The number of aliphatic hydroxyl groups excluding tert-OH is 1. The van der Waals surface area contributed by atoms with Crippen LogP contribution in [0.1, 0.15) is 18.4 Å². The largest absolute Gasteiger partial charge is 0.445 e. The van der Waals surface area contributed by atoms with Crippen LogP contribution in [0.3, 0.4) is 0 Å². The smallest absolute Gasteiger partial charge is 0.410 e. The summed E-state index contributed by atoms with van der Waals surface area (Å²) in [7, 11) is 0. The van der Waals surface area contributed by atoms with Crippen molar-refractivity contribution in [3.63, 3.8) is 0 Å². The highest BCUT2D eigenvalue weighted by Gasteiger charge is 2.43. The maximum absolute atomic E-state index is 12.1. The van der Waals surface area contributed by atoms with Crippen LogP contribution < -0.4 is 0 Å². The van der Waals surface area contributed by atoms with Gasteiger partial charge in [0.1, 0.15) is 6.61 Å². The molecule has 1 unspecified atom stereocenters. The van der Waals surface area contributed by atoms with E-state index in [1.54, 1.807) is 0 Å². The molecule has 3 rings (SSSR count). The Hall–Kier alpha value is -1.55. The van der Waals surface area contributed by atoms with Gasteiger partial charge in [-0.25, -0.2) is 4.79 Å². The third-order valence-corrected chi connectivity index (χ3v) is 4.70. The maximum atomic E-state index is 12.1. The lowest BCUT2D eigenvalue weighted by Crippen LogP contribution is -2.46. The molecular formula is C16H21NO3. The normalized spacial score (nSPS) is 28.4. The molecule has 2 bridgehead atoms. The number of carbonyl (C=O) groups is 1. The molecule has 1 aromatic rings. The first-order valence-electron chi connectivity index (χ1n) is 7.34. The SMILES string of the molecule is O=C(OCc1ccccc1)N1C[C@H]2CC[C@@H](C1)C2CO. The molecule has 1 saturated carbocycles. The van der Waals surface area contributed by atoms with Crippen molar-refractivity contribution in [2.45, 2.75) is 19.4 Å². The van der Waals surface area contributed by atoms with Gasteiger partial charge in [0.05, 0.1) is 0 Å². The van der Waals surface area contributed by atoms with Gasteiger partial charge in [0.25, 0.3) is 0 Å². The van der Waals surface area contributed by atoms with Crippen LogP contribution in [0.25, 0.3) is 0 Å². The van der Waals surface area contributed by atoms with E-state index in [4.69, 9.17) is 4.74 Å². The van der Waals surface area contributed by atoms with Gasteiger partial charge < -0.3 is 14.7 Å². The van der Waals surface area contributed by atoms with E-state index in [-0.39, 0.29) is 12.7 Å². The van der Waals surface area contributed by atoms with Crippen LogP contribution in [-0.4, -0.2) is 35.8 Å². The zero-order valence-electron chi connectivity index (χ0n) is 11.6. The predicted octanol–water partition coefficient (Wildman–Crippen LogP) is 2.27. The molecule has 4 nitrogen and oxygen atoms in total. The number of likely N-dealkylation sites (tertiary alicyclic amines) is 1. The van der Waals surface area contributed by atoms with Crippen LogP contribution in [0.2, 0.25) is 0 Å². The number of aliphatic hydroxyl groups is 1. The molecule has 1 saturated heterocycles. The van der Waals surface area contributed by atoms with Gasteiger partial charge in [0, 0.05) is 19.7 Å². The van der Waals surface area contributed by atoms with Crippen LogP contribution >= 0.6 is 0 Å². The zero-order chi connectivity index (χ0) is 13.9. The molecule has 20 heavy (non-hydrogen) atoms. The second-order valence-electron chi connectivity index (χ2n) is 5.89. The Labute approximate surface area is 119 Å². The van der Waals surface area contributed by atoms with Gasteiger partial charge in [-0.3, -0.25) is 0 Å². The average Bonchev–Trinajstić information content (AvgIpc) is 2.74. The fourth-order valence-corrected chi connectivity index (χ4v) is 3.59. The van der Waals surface area contributed by atoms with Gasteiger partial charge in [-0.15, -0.1) is 0 Å². The number of benzene rings is 1. The third kappa shape index (κ3) is 2.66. The van der Waals surface area contributed by atoms with E-state index in [0.29, 0.717) is 24.4 Å². The molecule has 1 aromatic carbocycles. The minimum absolute atomic E-state index is 0.220. The molecule has 2 aliphatic rings. The number of hydrogen-bond acceptors (Lipinski definition) is 3. The summed E-state index contributed by atoms with van der Waals surface area (Å²) in [6, 6.07) is 9.74. The fraction of sp³-hybridized carbons (Fsp3) is 0.562. The van der Waals surface area contributed by atoms with Crippen molar-refractivity contribution in [3.05, 3.63) is 35.9 Å². The Kier molecular flexibility index (Phi) is 3.92. The molecule has 1 aliphatic carbocycles. The van der Waals surface area contributed by atoms with Gasteiger partial charge in [-0.05, 0) is 36.2 Å². The molecule has 1 aliphatic heterocycles. The Morgan fingerprint density at radius 2 is 1.85 bits per heavy atom. The van der Waals surface area contributed by atoms with Gasteiger partial charge in [0.15, 0.2) is 0 Å². The number of hydrogen-bond donors (Lipinski definition) is 1. The van der Waals surface area contributed by atoms with Crippen molar-refractivity contribution >= 4 is 6.09 Å². The first-order valence-corrected chi connectivity index (χ1v) is 7.34. The van der Waals surface area contributed by atoms with Crippen LogP contribution in [0.4, 0.5) is 4.79 Å². The molecule has 0 aromatic heterocycles. The maximum Gasteiger partial charge on any atom is 0.410 e. The summed E-state index contributed by atoms with van der Waals surface area (Å²) in [4.78, 5) is 13.9. The molecular weight excluding hydrogens is 254 g/mol. The van der Waals surface area contributed by atoms with Crippen molar-refractivity contribution in [2.24, 2.45) is 17.8 Å². The lowest BCUT2D eigenvalue weighted by molar-refractivity contribution is 0.0432. The molecule has 0 spiro atoms. The van der Waals surface area contributed by atoms with E-state index < -0.39 is 0 Å². The Morgan fingerprint density at radius 3 is 2.45 bits per heavy atom. The molecule has 108 valence electrons. The molecule has 2 fully saturated rings. The lowest BCUT2D eigenvalue weighted by atomic mass is 9.86. The second-order valence-corrected chi connectivity index (χ2v) is 5.89. The molecule has 1 heterocycles. The summed E-state index contributed by atoms with van der Waals surface area (Å²) in [6.07, 6.45) is 2.03. The molecule has 1 amide bonds. The van der Waals surface area contributed by atoms with Crippen molar-refractivity contribution in [2.75, 3.05) is 19.7 Å². The quantitative estimate of drug-likeness (QED) is 0.920. The summed E-state index contributed by atoms with van der Waals surface area (Å²) in [5.41, 5.74) is 1.01. The molecule has 4 heteroatoms. The van der Waals surface area contributed by atoms with Gasteiger partial charge in [0.2, 0.25) is 0 Å². The minimum Gasteiger partial charge on any atom is -0.445 e. The summed E-state index contributed by atoms with van der Waals surface area (Å²) in [6.45, 7) is 2.04. The first-order chi connectivity index (χ1) is 9.78. The summed E-state index contributed by atoms with van der Waals surface area (Å²) in [5.74, 6) is 1.28. The van der Waals surface area contributed by atoms with Crippen molar-refractivity contribution in [3.8, 4) is 0 Å². The van der Waals surface area contributed by atoms with Crippen molar-refractivity contribution in [1.29, 1.82) is 0 Å². The van der Waals surface area contributed by atoms with Crippen LogP contribution in [0.15, 0.2) is 30.3 Å². The minimum atomic E-state index is -0.220. The molecule has 0 radical (unpaired) electrons. The Morgan fingerprint density at radius 1 is 1.20 bits per heavy atom. The van der Waals surface area contributed by atoms with E-state index in [9.17, 15) is 9.90 Å². The monoisotopic (exact) mass is 275 g/mol. The van der Waals surface area contributed by atoms with E-state index in [2.05, 4.69) is 0 Å². The van der Waals surface area contributed by atoms with Crippen molar-refractivity contribution in [1.82, 2.24) is 4.90 Å². The van der Waals surface area contributed by atoms with Gasteiger partial charge in [-0.1, -0.05) is 30.3 Å². The summed E-state index contributed by atoms with van der Waals surface area (Å²) >= 11 is 0. The van der Waals surface area contributed by atoms with Crippen LogP contribution in [-0.2, 0) is 11.3 Å². The van der Waals surface area contributed by atoms with Gasteiger partial charge >= 0.3 is 6.09 Å². The highest BCUT2D eigenvalue weighted by Crippen LogP contribution is 2.41.